The fourth-order valence-corrected chi connectivity index (χ4v) is 8.94. The van der Waals surface area contributed by atoms with Gasteiger partial charge >= 0.3 is 11.9 Å². The summed E-state index contributed by atoms with van der Waals surface area (Å²) in [6.07, 6.45) is 3.79. The van der Waals surface area contributed by atoms with Crippen LogP contribution in [-0.2, 0) is 40.3 Å². The Bertz CT molecular complexity index is 2070. The van der Waals surface area contributed by atoms with E-state index in [4.69, 9.17) is 32.7 Å². The highest BCUT2D eigenvalue weighted by Crippen LogP contribution is 2.34. The fourth-order valence-electron chi connectivity index (χ4n) is 6.72. The molecule has 2 aromatic carbocycles. The van der Waals surface area contributed by atoms with E-state index in [2.05, 4.69) is 15.6 Å². The third-order valence-corrected chi connectivity index (χ3v) is 11.6. The zero-order valence-electron chi connectivity index (χ0n) is 30.8. The van der Waals surface area contributed by atoms with Gasteiger partial charge in [-0.1, -0.05) is 41.4 Å². The molecule has 2 aliphatic rings. The molecule has 0 saturated carbocycles. The molecule has 2 saturated heterocycles. The van der Waals surface area contributed by atoms with Gasteiger partial charge in [0.1, 0.15) is 23.7 Å². The number of carbonyl (C=O) groups excluding carboxylic acids is 4. The van der Waals surface area contributed by atoms with Crippen molar-refractivity contribution in [1.82, 2.24) is 19.5 Å². The number of carbonyl (C=O) groups is 4. The van der Waals surface area contributed by atoms with Gasteiger partial charge in [0.2, 0.25) is 15.9 Å². The number of ether oxygens (including phenoxy) is 2. The van der Waals surface area contributed by atoms with Gasteiger partial charge in [-0.05, 0) is 89.4 Å². The van der Waals surface area contributed by atoms with Crippen molar-refractivity contribution in [3.63, 3.8) is 0 Å². The summed E-state index contributed by atoms with van der Waals surface area (Å²) in [6, 6.07) is 10.3. The largest absolute Gasteiger partial charge is 0.464 e. The van der Waals surface area contributed by atoms with Gasteiger partial charge in [-0.2, -0.15) is 9.57 Å². The molecule has 0 bridgehead atoms. The number of likely N-dealkylation sites (tertiary alicyclic amines) is 1. The molecule has 4 atom stereocenters. The van der Waals surface area contributed by atoms with Crippen LogP contribution in [0.2, 0.25) is 10.0 Å². The van der Waals surface area contributed by atoms with Crippen molar-refractivity contribution in [2.24, 2.45) is 0 Å². The lowest BCUT2D eigenvalue weighted by atomic mass is 10.0. The van der Waals surface area contributed by atoms with E-state index in [1.807, 2.05) is 11.0 Å². The minimum atomic E-state index is -4.35. The van der Waals surface area contributed by atoms with Gasteiger partial charge < -0.3 is 20.1 Å². The van der Waals surface area contributed by atoms with Gasteiger partial charge in [0, 0.05) is 37.1 Å². The summed E-state index contributed by atoms with van der Waals surface area (Å²) in [6.45, 7) is 7.33. The van der Waals surface area contributed by atoms with Gasteiger partial charge in [-0.25, -0.2) is 13.2 Å². The molecule has 5 rings (SSSR count). The summed E-state index contributed by atoms with van der Waals surface area (Å²) >= 11 is 12.2. The Balaban J connectivity index is 1.39. The molecular formula is C38H42Cl2N6O8S. The molecule has 2 N–H and O–H groups in total. The Morgan fingerprint density at radius 2 is 1.75 bits per heavy atom. The summed E-state index contributed by atoms with van der Waals surface area (Å²) in [5.41, 5.74) is 0.444. The molecular weight excluding hydrogens is 771 g/mol. The first-order valence-corrected chi connectivity index (χ1v) is 19.9. The molecule has 0 radical (unpaired) electrons. The quantitative estimate of drug-likeness (QED) is 0.241. The normalized spacial score (nSPS) is 19.6. The maximum atomic E-state index is 14.2. The van der Waals surface area contributed by atoms with Gasteiger partial charge in [0.15, 0.2) is 0 Å². The average Bonchev–Trinajstić information content (AvgIpc) is 3.80. The van der Waals surface area contributed by atoms with Crippen LogP contribution >= 0.6 is 23.2 Å². The Morgan fingerprint density at radius 1 is 1.05 bits per heavy atom. The van der Waals surface area contributed by atoms with Crippen LogP contribution in [-0.4, -0.2) is 95.8 Å². The van der Waals surface area contributed by atoms with Crippen molar-refractivity contribution in [3.8, 4) is 6.07 Å². The molecule has 2 unspecified atom stereocenters. The SMILES string of the molecule is CCOC(=O)C(Cc1ccc(NC(=O)c2c(Cl)cncc2Cl)cc1)NC(=O)C1C[C@@H](N2CCC[C@@H]2C(=O)OC(C)(C)C)CN1S(=O)(=O)c1cccc(C#N)c1. The summed E-state index contributed by atoms with van der Waals surface area (Å²) in [5, 5.41) is 15.1. The number of benzene rings is 2. The fraction of sp³-hybridized carbons (Fsp3) is 0.421. The highest BCUT2D eigenvalue weighted by atomic mass is 35.5. The van der Waals surface area contributed by atoms with Crippen molar-refractivity contribution in [2.45, 2.75) is 88.0 Å². The van der Waals surface area contributed by atoms with Gasteiger partial charge in [-0.15, -0.1) is 0 Å². The first kappa shape index (κ1) is 41.6. The highest BCUT2D eigenvalue weighted by Gasteiger charge is 2.49. The lowest BCUT2D eigenvalue weighted by molar-refractivity contribution is -0.161. The zero-order valence-corrected chi connectivity index (χ0v) is 33.1. The number of rotatable bonds is 12. The molecule has 2 fully saturated rings. The molecule has 0 spiro atoms. The number of nitrogens with zero attached hydrogens (tertiary/aromatic N) is 4. The summed E-state index contributed by atoms with van der Waals surface area (Å²) < 4.78 is 40.5. The monoisotopic (exact) mass is 812 g/mol. The number of hydrogen-bond acceptors (Lipinski definition) is 11. The highest BCUT2D eigenvalue weighted by molar-refractivity contribution is 7.89. The third-order valence-electron chi connectivity index (χ3n) is 9.17. The van der Waals surface area contributed by atoms with Crippen LogP contribution < -0.4 is 10.6 Å². The molecule has 3 heterocycles. The number of aromatic nitrogens is 1. The molecule has 3 aromatic rings. The minimum absolute atomic E-state index is 0.0255. The predicted octanol–water partition coefficient (Wildman–Crippen LogP) is 4.74. The van der Waals surface area contributed by atoms with Crippen LogP contribution in [0.25, 0.3) is 0 Å². The smallest absolute Gasteiger partial charge is 0.328 e. The second kappa shape index (κ2) is 17.5. The molecule has 1 aromatic heterocycles. The second-order valence-corrected chi connectivity index (χ2v) is 16.9. The van der Waals surface area contributed by atoms with E-state index in [1.54, 1.807) is 52.0 Å². The van der Waals surface area contributed by atoms with Crippen molar-refractivity contribution in [2.75, 3.05) is 25.0 Å². The molecule has 292 valence electrons. The molecule has 0 aliphatic carbocycles. The zero-order chi connectivity index (χ0) is 40.1. The van der Waals surface area contributed by atoms with E-state index in [9.17, 15) is 32.9 Å². The maximum absolute atomic E-state index is 14.2. The lowest BCUT2D eigenvalue weighted by Crippen LogP contribution is -2.51. The number of halogens is 2. The number of esters is 2. The minimum Gasteiger partial charge on any atom is -0.464 e. The molecule has 14 nitrogen and oxygen atoms in total. The van der Waals surface area contributed by atoms with Crippen molar-refractivity contribution in [1.29, 1.82) is 5.26 Å². The maximum Gasteiger partial charge on any atom is 0.328 e. The number of anilines is 1. The van der Waals surface area contributed by atoms with Crippen molar-refractivity contribution < 1.29 is 37.1 Å². The van der Waals surface area contributed by atoms with E-state index < -0.39 is 63.5 Å². The number of amides is 2. The van der Waals surface area contributed by atoms with Crippen LogP contribution in [0.4, 0.5) is 5.69 Å². The van der Waals surface area contributed by atoms with E-state index in [1.165, 1.54) is 36.7 Å². The van der Waals surface area contributed by atoms with E-state index in [0.29, 0.717) is 30.6 Å². The van der Waals surface area contributed by atoms with E-state index in [0.717, 1.165) is 4.31 Å². The van der Waals surface area contributed by atoms with E-state index in [-0.39, 0.29) is 52.1 Å². The molecule has 2 aliphatic heterocycles. The first-order chi connectivity index (χ1) is 26.0. The number of pyridine rings is 1. The predicted molar refractivity (Wildman–Crippen MR) is 204 cm³/mol. The Hall–Kier alpha value is -4.59. The van der Waals surface area contributed by atoms with Crippen LogP contribution in [0.3, 0.4) is 0 Å². The van der Waals surface area contributed by atoms with Crippen molar-refractivity contribution >= 4 is 62.7 Å². The second-order valence-electron chi connectivity index (χ2n) is 14.2. The number of nitrogens with one attached hydrogen (secondary N) is 2. The Morgan fingerprint density at radius 3 is 2.38 bits per heavy atom. The first-order valence-electron chi connectivity index (χ1n) is 17.7. The van der Waals surface area contributed by atoms with Crippen LogP contribution in [0.5, 0.6) is 0 Å². The average molecular weight is 814 g/mol. The van der Waals surface area contributed by atoms with Gasteiger partial charge in [0.25, 0.3) is 5.91 Å². The molecule has 17 heteroatoms. The number of sulfonamides is 1. The summed E-state index contributed by atoms with van der Waals surface area (Å²) in [4.78, 5) is 59.2. The topological polar surface area (TPSA) is 188 Å². The lowest BCUT2D eigenvalue weighted by Gasteiger charge is -2.31. The number of nitriles is 1. The Labute approximate surface area is 330 Å². The standard InChI is InChI=1S/C38H42Cl2N6O8S/c1-5-53-36(49)30(17-23-11-13-25(14-12-23)43-35(48)33-28(39)20-42-21-29(33)40)44-34(47)32-18-26(45-15-7-10-31(45)37(50)54-38(2,3)4)22-46(32)55(51,52)27-9-6-8-24(16-27)19-41/h6,8-9,11-14,16,20-21,26,30-32H,5,7,10,15,17-18,22H2,1-4H3,(H,43,48)(H,44,47)/t26-,30?,31-,32?/m1/s1. The number of hydrogen-bond donors (Lipinski definition) is 2. The summed E-state index contributed by atoms with van der Waals surface area (Å²) in [7, 11) is -4.35. The van der Waals surface area contributed by atoms with Crippen LogP contribution in [0.1, 0.15) is 68.4 Å². The Kier molecular flexibility index (Phi) is 13.2. The molecule has 2 amide bonds. The third kappa shape index (κ3) is 10.00. The van der Waals surface area contributed by atoms with E-state index >= 15 is 0 Å². The van der Waals surface area contributed by atoms with Crippen LogP contribution in [0.15, 0.2) is 65.8 Å². The van der Waals surface area contributed by atoms with Gasteiger partial charge in [-0.3, -0.25) is 24.3 Å². The van der Waals surface area contributed by atoms with Crippen molar-refractivity contribution in [3.05, 3.63) is 87.7 Å². The summed E-state index contributed by atoms with van der Waals surface area (Å²) in [5.74, 6) is -2.44. The van der Waals surface area contributed by atoms with Gasteiger partial charge in [0.05, 0.1) is 38.7 Å². The molecule has 55 heavy (non-hydrogen) atoms. The van der Waals surface area contributed by atoms with Crippen LogP contribution in [0, 0.1) is 11.3 Å².